The number of hydrogen-bond acceptors (Lipinski definition) is 3. The molecule has 0 spiro atoms. The first-order chi connectivity index (χ1) is 5.24. The quantitative estimate of drug-likeness (QED) is 0.688. The highest BCUT2D eigenvalue weighted by atomic mass is 16.3. The number of aromatic nitrogens is 3. The van der Waals surface area contributed by atoms with Gasteiger partial charge in [0.05, 0.1) is 18.5 Å². The minimum atomic E-state index is 0.0136. The standard InChI is InChI=1S/C7H13N3O/c1-6(2)4-10-7(5-11)3-8-9-10/h3,6,11H,4-5H2,1-2H3. The van der Waals surface area contributed by atoms with Crippen LogP contribution in [0.1, 0.15) is 19.5 Å². The first-order valence-corrected chi connectivity index (χ1v) is 3.72. The third-order valence-electron chi connectivity index (χ3n) is 1.40. The molecule has 4 heteroatoms. The Kier molecular flexibility index (Phi) is 2.59. The molecular formula is C7H13N3O. The highest BCUT2D eigenvalue weighted by molar-refractivity contribution is 4.90. The fourth-order valence-electron chi connectivity index (χ4n) is 0.901. The zero-order valence-electron chi connectivity index (χ0n) is 6.86. The van der Waals surface area contributed by atoms with Gasteiger partial charge in [-0.3, -0.25) is 0 Å². The van der Waals surface area contributed by atoms with E-state index in [-0.39, 0.29) is 6.61 Å². The van der Waals surface area contributed by atoms with Gasteiger partial charge in [-0.2, -0.15) is 0 Å². The molecule has 0 atom stereocenters. The molecular weight excluding hydrogens is 142 g/mol. The van der Waals surface area contributed by atoms with Gasteiger partial charge in [0.25, 0.3) is 0 Å². The van der Waals surface area contributed by atoms with E-state index in [1.807, 2.05) is 0 Å². The van der Waals surface area contributed by atoms with Crippen LogP contribution in [0.2, 0.25) is 0 Å². The summed E-state index contributed by atoms with van der Waals surface area (Å²) in [6.07, 6.45) is 1.59. The van der Waals surface area contributed by atoms with E-state index in [1.165, 1.54) is 0 Å². The Hall–Kier alpha value is -0.900. The molecule has 1 N–H and O–H groups in total. The summed E-state index contributed by atoms with van der Waals surface area (Å²) in [6, 6.07) is 0. The molecule has 11 heavy (non-hydrogen) atoms. The Morgan fingerprint density at radius 2 is 2.36 bits per heavy atom. The SMILES string of the molecule is CC(C)Cn1nncc1CO. The maximum atomic E-state index is 8.82. The van der Waals surface area contributed by atoms with Crippen molar-refractivity contribution in [1.82, 2.24) is 15.0 Å². The van der Waals surface area contributed by atoms with Crippen molar-refractivity contribution in [3.05, 3.63) is 11.9 Å². The molecule has 0 amide bonds. The van der Waals surface area contributed by atoms with Crippen molar-refractivity contribution in [2.75, 3.05) is 0 Å². The molecule has 1 rings (SSSR count). The molecule has 1 heterocycles. The van der Waals surface area contributed by atoms with Gasteiger partial charge in [0.2, 0.25) is 0 Å². The van der Waals surface area contributed by atoms with Crippen molar-refractivity contribution in [3.8, 4) is 0 Å². The summed E-state index contributed by atoms with van der Waals surface area (Å²) >= 11 is 0. The van der Waals surface area contributed by atoms with Gasteiger partial charge in [0.1, 0.15) is 0 Å². The first-order valence-electron chi connectivity index (χ1n) is 3.72. The van der Waals surface area contributed by atoms with Gasteiger partial charge in [0, 0.05) is 6.54 Å². The van der Waals surface area contributed by atoms with Crippen molar-refractivity contribution in [3.63, 3.8) is 0 Å². The van der Waals surface area contributed by atoms with E-state index in [0.29, 0.717) is 5.92 Å². The molecule has 0 saturated heterocycles. The average Bonchev–Trinajstić information content (AvgIpc) is 2.34. The largest absolute Gasteiger partial charge is 0.390 e. The molecule has 0 aromatic carbocycles. The zero-order valence-corrected chi connectivity index (χ0v) is 6.86. The number of hydrogen-bond donors (Lipinski definition) is 1. The highest BCUT2D eigenvalue weighted by Crippen LogP contribution is 2.01. The molecule has 0 aliphatic heterocycles. The van der Waals surface area contributed by atoms with Crippen LogP contribution in [-0.4, -0.2) is 20.1 Å². The first kappa shape index (κ1) is 8.20. The molecule has 0 unspecified atom stereocenters. The molecule has 4 nitrogen and oxygen atoms in total. The van der Waals surface area contributed by atoms with Crippen LogP contribution in [0.15, 0.2) is 6.20 Å². The lowest BCUT2D eigenvalue weighted by molar-refractivity contribution is 0.264. The lowest BCUT2D eigenvalue weighted by atomic mass is 10.2. The van der Waals surface area contributed by atoms with Gasteiger partial charge in [-0.05, 0) is 5.92 Å². The summed E-state index contributed by atoms with van der Waals surface area (Å²) in [6.45, 7) is 5.03. The Bertz CT molecular complexity index is 219. The summed E-state index contributed by atoms with van der Waals surface area (Å²) in [5, 5.41) is 16.4. The van der Waals surface area contributed by atoms with Crippen molar-refractivity contribution in [2.24, 2.45) is 5.92 Å². The van der Waals surface area contributed by atoms with E-state index >= 15 is 0 Å². The number of aliphatic hydroxyl groups is 1. The number of nitrogens with zero attached hydrogens (tertiary/aromatic N) is 3. The maximum absolute atomic E-state index is 8.82. The third kappa shape index (κ3) is 2.01. The van der Waals surface area contributed by atoms with E-state index in [1.54, 1.807) is 10.9 Å². The second kappa shape index (κ2) is 3.48. The fourth-order valence-corrected chi connectivity index (χ4v) is 0.901. The number of rotatable bonds is 3. The van der Waals surface area contributed by atoms with Crippen LogP contribution in [0.3, 0.4) is 0 Å². The van der Waals surface area contributed by atoms with Gasteiger partial charge in [0.15, 0.2) is 0 Å². The summed E-state index contributed by atoms with van der Waals surface area (Å²) in [7, 11) is 0. The maximum Gasteiger partial charge on any atom is 0.0866 e. The summed E-state index contributed by atoms with van der Waals surface area (Å²) in [5.41, 5.74) is 0.777. The highest BCUT2D eigenvalue weighted by Gasteiger charge is 2.03. The molecule has 0 aliphatic carbocycles. The van der Waals surface area contributed by atoms with Gasteiger partial charge in [-0.15, -0.1) is 5.10 Å². The fraction of sp³-hybridized carbons (Fsp3) is 0.714. The zero-order chi connectivity index (χ0) is 8.27. The third-order valence-corrected chi connectivity index (χ3v) is 1.40. The van der Waals surface area contributed by atoms with Crippen molar-refractivity contribution in [2.45, 2.75) is 27.0 Å². The van der Waals surface area contributed by atoms with Crippen LogP contribution in [0.25, 0.3) is 0 Å². The van der Waals surface area contributed by atoms with E-state index in [0.717, 1.165) is 12.2 Å². The van der Waals surface area contributed by atoms with Crippen molar-refractivity contribution < 1.29 is 5.11 Å². The van der Waals surface area contributed by atoms with E-state index in [2.05, 4.69) is 24.2 Å². The molecule has 0 fully saturated rings. The van der Waals surface area contributed by atoms with Gasteiger partial charge >= 0.3 is 0 Å². The van der Waals surface area contributed by atoms with E-state index in [4.69, 9.17) is 5.11 Å². The van der Waals surface area contributed by atoms with E-state index in [9.17, 15) is 0 Å². The molecule has 0 saturated carbocycles. The predicted molar refractivity (Wildman–Crippen MR) is 40.8 cm³/mol. The molecule has 1 aromatic rings. The monoisotopic (exact) mass is 155 g/mol. The van der Waals surface area contributed by atoms with Crippen LogP contribution in [-0.2, 0) is 13.2 Å². The lowest BCUT2D eigenvalue weighted by Gasteiger charge is -2.05. The number of aliphatic hydroxyl groups excluding tert-OH is 1. The second-order valence-corrected chi connectivity index (χ2v) is 2.96. The molecule has 1 aromatic heterocycles. The Balaban J connectivity index is 2.68. The van der Waals surface area contributed by atoms with Crippen molar-refractivity contribution >= 4 is 0 Å². The normalized spacial score (nSPS) is 10.9. The summed E-state index contributed by atoms with van der Waals surface area (Å²) in [5.74, 6) is 0.530. The van der Waals surface area contributed by atoms with Gasteiger partial charge in [-0.25, -0.2) is 4.68 Å². The predicted octanol–water partition coefficient (Wildman–Crippen LogP) is 0.426. The average molecular weight is 155 g/mol. The van der Waals surface area contributed by atoms with E-state index < -0.39 is 0 Å². The summed E-state index contributed by atoms with van der Waals surface area (Å²) < 4.78 is 1.73. The molecule has 62 valence electrons. The topological polar surface area (TPSA) is 50.9 Å². The second-order valence-electron chi connectivity index (χ2n) is 2.96. The lowest BCUT2D eigenvalue weighted by Crippen LogP contribution is -2.09. The van der Waals surface area contributed by atoms with Crippen LogP contribution >= 0.6 is 0 Å². The Morgan fingerprint density at radius 1 is 1.64 bits per heavy atom. The van der Waals surface area contributed by atoms with Gasteiger partial charge in [-0.1, -0.05) is 19.1 Å². The molecule has 0 aliphatic rings. The summed E-state index contributed by atoms with van der Waals surface area (Å²) in [4.78, 5) is 0. The van der Waals surface area contributed by atoms with Gasteiger partial charge < -0.3 is 5.11 Å². The van der Waals surface area contributed by atoms with Crippen LogP contribution < -0.4 is 0 Å². The van der Waals surface area contributed by atoms with Crippen LogP contribution in [0.5, 0.6) is 0 Å². The molecule has 0 radical (unpaired) electrons. The Labute approximate surface area is 65.8 Å². The molecule has 0 bridgehead atoms. The Morgan fingerprint density at radius 3 is 2.91 bits per heavy atom. The van der Waals surface area contributed by atoms with Crippen LogP contribution in [0.4, 0.5) is 0 Å². The van der Waals surface area contributed by atoms with Crippen molar-refractivity contribution in [1.29, 1.82) is 0 Å². The van der Waals surface area contributed by atoms with Crippen LogP contribution in [0, 0.1) is 5.92 Å². The minimum absolute atomic E-state index is 0.0136. The smallest absolute Gasteiger partial charge is 0.0866 e. The minimum Gasteiger partial charge on any atom is -0.390 e.